The van der Waals surface area contributed by atoms with Crippen LogP contribution in [0.2, 0.25) is 5.02 Å². The zero-order chi connectivity index (χ0) is 15.4. The van der Waals surface area contributed by atoms with Crippen LogP contribution in [0.5, 0.6) is 5.75 Å². The van der Waals surface area contributed by atoms with Crippen molar-refractivity contribution >= 4 is 23.5 Å². The first-order chi connectivity index (χ1) is 10.0. The van der Waals surface area contributed by atoms with Crippen molar-refractivity contribution in [1.82, 2.24) is 10.2 Å². The zero-order valence-corrected chi connectivity index (χ0v) is 12.5. The topological polar surface area (TPSA) is 84.7 Å². The number of hydrogen-bond acceptors (Lipinski definition) is 3. The van der Waals surface area contributed by atoms with Crippen LogP contribution in [-0.4, -0.2) is 43.1 Å². The molecule has 6 nitrogen and oxygen atoms in total. The van der Waals surface area contributed by atoms with Crippen molar-refractivity contribution in [2.75, 3.05) is 20.2 Å². The minimum absolute atomic E-state index is 0.0211. The summed E-state index contributed by atoms with van der Waals surface area (Å²) in [6.07, 6.45) is 1.36. The Morgan fingerprint density at radius 2 is 2.05 bits per heavy atom. The summed E-state index contributed by atoms with van der Waals surface area (Å²) in [6.45, 7) is 1.11. The van der Waals surface area contributed by atoms with Gasteiger partial charge in [-0.25, -0.2) is 4.79 Å². The maximum Gasteiger partial charge on any atom is 0.312 e. The van der Waals surface area contributed by atoms with Gasteiger partial charge in [0, 0.05) is 24.2 Å². The number of hydrogen-bond donors (Lipinski definition) is 2. The number of primary amides is 1. The molecule has 0 unspecified atom stereocenters. The van der Waals surface area contributed by atoms with Crippen LogP contribution in [0.3, 0.4) is 0 Å². The second-order valence-corrected chi connectivity index (χ2v) is 5.36. The summed E-state index contributed by atoms with van der Waals surface area (Å²) in [7, 11) is 1.52. The molecule has 1 heterocycles. The van der Waals surface area contributed by atoms with Crippen LogP contribution in [0.25, 0.3) is 0 Å². The molecular weight excluding hydrogens is 294 g/mol. The second-order valence-electron chi connectivity index (χ2n) is 4.92. The number of amides is 3. The molecule has 21 heavy (non-hydrogen) atoms. The molecule has 0 radical (unpaired) electrons. The number of methoxy groups -OCH3 is 1. The summed E-state index contributed by atoms with van der Waals surface area (Å²) in [5.41, 5.74) is 5.55. The highest BCUT2D eigenvalue weighted by Gasteiger charge is 2.26. The van der Waals surface area contributed by atoms with Crippen molar-refractivity contribution < 1.29 is 14.3 Å². The Labute approximate surface area is 128 Å². The molecule has 0 spiro atoms. The van der Waals surface area contributed by atoms with Crippen molar-refractivity contribution in [2.24, 2.45) is 5.73 Å². The minimum Gasteiger partial charge on any atom is -0.496 e. The Morgan fingerprint density at radius 3 is 2.62 bits per heavy atom. The summed E-state index contributed by atoms with van der Waals surface area (Å²) < 4.78 is 5.21. The quantitative estimate of drug-likeness (QED) is 0.889. The summed E-state index contributed by atoms with van der Waals surface area (Å²) in [5.74, 6) is 0.383. The predicted octanol–water partition coefficient (Wildman–Crippen LogP) is 1.62. The van der Waals surface area contributed by atoms with Crippen molar-refractivity contribution in [2.45, 2.75) is 18.9 Å². The fraction of sp³-hybridized carbons (Fsp3) is 0.429. The molecule has 2 rings (SSSR count). The minimum atomic E-state index is -0.531. The van der Waals surface area contributed by atoms with Crippen molar-refractivity contribution in [3.8, 4) is 5.75 Å². The molecule has 3 N–H and O–H groups in total. The van der Waals surface area contributed by atoms with Crippen LogP contribution >= 0.6 is 11.6 Å². The number of nitrogens with two attached hydrogens (primary N) is 1. The maximum atomic E-state index is 12.5. The van der Waals surface area contributed by atoms with Gasteiger partial charge in [-0.3, -0.25) is 4.79 Å². The highest BCUT2D eigenvalue weighted by molar-refractivity contribution is 6.31. The number of carbonyl (C=O) groups excluding carboxylic acids is 2. The number of benzene rings is 1. The lowest BCUT2D eigenvalue weighted by atomic mass is 10.0. The Morgan fingerprint density at radius 1 is 1.38 bits per heavy atom. The fourth-order valence-electron chi connectivity index (χ4n) is 2.45. The molecule has 0 aliphatic carbocycles. The number of urea groups is 1. The van der Waals surface area contributed by atoms with E-state index in [9.17, 15) is 9.59 Å². The van der Waals surface area contributed by atoms with Crippen molar-refractivity contribution in [3.05, 3.63) is 28.8 Å². The smallest absolute Gasteiger partial charge is 0.312 e. The molecular formula is C14H18ClN3O3. The van der Waals surface area contributed by atoms with Crippen molar-refractivity contribution in [1.29, 1.82) is 0 Å². The normalized spacial score (nSPS) is 15.6. The van der Waals surface area contributed by atoms with Gasteiger partial charge < -0.3 is 20.7 Å². The van der Waals surface area contributed by atoms with E-state index in [1.54, 1.807) is 23.1 Å². The first-order valence-corrected chi connectivity index (χ1v) is 7.08. The summed E-state index contributed by atoms with van der Waals surface area (Å²) >= 11 is 5.95. The highest BCUT2D eigenvalue weighted by Crippen LogP contribution is 2.25. The van der Waals surface area contributed by atoms with E-state index in [2.05, 4.69) is 5.32 Å². The summed E-state index contributed by atoms with van der Waals surface area (Å²) in [5, 5.41) is 3.16. The molecule has 7 heteroatoms. The Kier molecular flexibility index (Phi) is 4.90. The average molecular weight is 312 g/mol. The largest absolute Gasteiger partial charge is 0.496 e. The number of nitrogens with one attached hydrogen (secondary N) is 1. The van der Waals surface area contributed by atoms with Crippen LogP contribution in [0.1, 0.15) is 23.2 Å². The molecule has 1 aromatic carbocycles. The number of halogens is 1. The number of likely N-dealkylation sites (tertiary alicyclic amines) is 1. The molecule has 1 aliphatic rings. The standard InChI is InChI=1S/C14H18ClN3O3/c1-21-12-3-2-9(15)8-11(12)13(19)18-6-4-10(5-7-18)17-14(16)20/h2-3,8,10H,4-7H2,1H3,(H3,16,17,20). The van der Waals surface area contributed by atoms with Gasteiger partial charge >= 0.3 is 6.03 Å². The molecule has 1 aliphatic heterocycles. The van der Waals surface area contributed by atoms with Crippen LogP contribution in [0.15, 0.2) is 18.2 Å². The molecule has 0 bridgehead atoms. The highest BCUT2D eigenvalue weighted by atomic mass is 35.5. The van der Waals surface area contributed by atoms with Gasteiger partial charge in [-0.15, -0.1) is 0 Å². The lowest BCUT2D eigenvalue weighted by molar-refractivity contribution is 0.0705. The van der Waals surface area contributed by atoms with Gasteiger partial charge in [0.2, 0.25) is 0 Å². The van der Waals surface area contributed by atoms with Crippen LogP contribution in [0, 0.1) is 0 Å². The Balaban J connectivity index is 2.05. The van der Waals surface area contributed by atoms with Gasteiger partial charge in [0.05, 0.1) is 12.7 Å². The van der Waals surface area contributed by atoms with Gasteiger partial charge in [0.25, 0.3) is 5.91 Å². The lowest BCUT2D eigenvalue weighted by Crippen LogP contribution is -2.47. The SMILES string of the molecule is COc1ccc(Cl)cc1C(=O)N1CCC(NC(N)=O)CC1. The van der Waals surface area contributed by atoms with Crippen molar-refractivity contribution in [3.63, 3.8) is 0 Å². The lowest BCUT2D eigenvalue weighted by Gasteiger charge is -2.32. The second kappa shape index (κ2) is 6.67. The first kappa shape index (κ1) is 15.4. The molecule has 0 atom stereocenters. The van der Waals surface area contributed by atoms with E-state index in [-0.39, 0.29) is 11.9 Å². The molecule has 1 fully saturated rings. The van der Waals surface area contributed by atoms with E-state index in [0.29, 0.717) is 42.3 Å². The van der Waals surface area contributed by atoms with Crippen LogP contribution in [-0.2, 0) is 0 Å². The third-order valence-corrected chi connectivity index (χ3v) is 3.76. The van der Waals surface area contributed by atoms with Crippen LogP contribution < -0.4 is 15.8 Å². The van der Waals surface area contributed by atoms with E-state index in [1.807, 2.05) is 0 Å². The molecule has 0 aromatic heterocycles. The molecule has 1 aromatic rings. The number of piperidine rings is 1. The van der Waals surface area contributed by atoms with E-state index < -0.39 is 6.03 Å². The third kappa shape index (κ3) is 3.78. The molecule has 3 amide bonds. The van der Waals surface area contributed by atoms with Gasteiger partial charge in [0.15, 0.2) is 0 Å². The third-order valence-electron chi connectivity index (χ3n) is 3.52. The number of rotatable bonds is 3. The molecule has 0 saturated carbocycles. The zero-order valence-electron chi connectivity index (χ0n) is 11.8. The average Bonchev–Trinajstić information content (AvgIpc) is 2.46. The predicted molar refractivity (Wildman–Crippen MR) is 79.6 cm³/mol. The van der Waals surface area contributed by atoms with Crippen LogP contribution in [0.4, 0.5) is 4.79 Å². The maximum absolute atomic E-state index is 12.5. The van der Waals surface area contributed by atoms with Gasteiger partial charge in [0.1, 0.15) is 5.75 Å². The van der Waals surface area contributed by atoms with Gasteiger partial charge in [-0.05, 0) is 31.0 Å². The van der Waals surface area contributed by atoms with E-state index in [4.69, 9.17) is 22.1 Å². The fourth-order valence-corrected chi connectivity index (χ4v) is 2.62. The van der Waals surface area contributed by atoms with E-state index >= 15 is 0 Å². The van der Waals surface area contributed by atoms with E-state index in [1.165, 1.54) is 7.11 Å². The molecule has 1 saturated heterocycles. The summed E-state index contributed by atoms with van der Waals surface area (Å²) in [6, 6.07) is 4.46. The first-order valence-electron chi connectivity index (χ1n) is 6.70. The summed E-state index contributed by atoms with van der Waals surface area (Å²) in [4.78, 5) is 25.1. The van der Waals surface area contributed by atoms with Gasteiger partial charge in [-0.2, -0.15) is 0 Å². The van der Waals surface area contributed by atoms with Gasteiger partial charge in [-0.1, -0.05) is 11.6 Å². The number of nitrogens with zero attached hydrogens (tertiary/aromatic N) is 1. The molecule has 114 valence electrons. The van der Waals surface area contributed by atoms with E-state index in [0.717, 1.165) is 0 Å². The number of ether oxygens (including phenoxy) is 1. The Hall–Kier alpha value is -1.95. The monoisotopic (exact) mass is 311 g/mol. The number of carbonyl (C=O) groups is 2. The Bertz CT molecular complexity index is 542.